The van der Waals surface area contributed by atoms with Crippen LogP contribution in [0.2, 0.25) is 0 Å². The summed E-state index contributed by atoms with van der Waals surface area (Å²) in [7, 11) is 1.57. The molecule has 10 nitrogen and oxygen atoms in total. The predicted molar refractivity (Wildman–Crippen MR) is 66.0 cm³/mol. The summed E-state index contributed by atoms with van der Waals surface area (Å²) in [4.78, 5) is 22.7. The van der Waals surface area contributed by atoms with Crippen molar-refractivity contribution in [3.05, 3.63) is 34.4 Å². The Morgan fingerprint density at radius 1 is 1.45 bits per heavy atom. The number of aryl methyl sites for hydroxylation is 1. The summed E-state index contributed by atoms with van der Waals surface area (Å²) >= 11 is 0. The second-order valence-corrected chi connectivity index (χ2v) is 3.69. The molecule has 0 saturated carbocycles. The molecule has 0 unspecified atom stereocenters. The number of carbonyl (C=O) groups excluding carboxylic acids is 1. The van der Waals surface area contributed by atoms with Gasteiger partial charge in [-0.15, -0.1) is 5.10 Å². The van der Waals surface area contributed by atoms with Gasteiger partial charge in [0.2, 0.25) is 0 Å². The topological polar surface area (TPSA) is 125 Å². The van der Waals surface area contributed by atoms with Gasteiger partial charge < -0.3 is 4.74 Å². The summed E-state index contributed by atoms with van der Waals surface area (Å²) in [6, 6.07) is 5.40. The molecule has 1 aromatic heterocycles. The quantitative estimate of drug-likeness (QED) is 0.608. The molecule has 0 atom stereocenters. The van der Waals surface area contributed by atoms with Crippen molar-refractivity contribution in [2.24, 2.45) is 7.05 Å². The summed E-state index contributed by atoms with van der Waals surface area (Å²) in [6.45, 7) is -0.268. The number of ether oxygens (including phenoxy) is 1. The van der Waals surface area contributed by atoms with Gasteiger partial charge in [-0.05, 0) is 17.3 Å². The minimum Gasteiger partial charge on any atom is -0.484 e. The van der Waals surface area contributed by atoms with Crippen LogP contribution in [0.3, 0.4) is 0 Å². The molecule has 0 aliphatic rings. The Balaban J connectivity index is 1.85. The SMILES string of the molecule is Cn1nnc(NC(=O)COc2ccc([N+](=O)[O-])cc2)n1. The highest BCUT2D eigenvalue weighted by Crippen LogP contribution is 2.17. The molecule has 2 aromatic rings. The Morgan fingerprint density at radius 3 is 2.70 bits per heavy atom. The van der Waals surface area contributed by atoms with Crippen molar-refractivity contribution in [3.8, 4) is 5.75 Å². The molecule has 20 heavy (non-hydrogen) atoms. The number of non-ortho nitro benzene ring substituents is 1. The third-order valence-electron chi connectivity index (χ3n) is 2.18. The fraction of sp³-hybridized carbons (Fsp3) is 0.200. The van der Waals surface area contributed by atoms with E-state index in [4.69, 9.17) is 4.74 Å². The predicted octanol–water partition coefficient (Wildman–Crippen LogP) is 0.136. The van der Waals surface area contributed by atoms with E-state index in [9.17, 15) is 14.9 Å². The highest BCUT2D eigenvalue weighted by atomic mass is 16.6. The van der Waals surface area contributed by atoms with Crippen LogP contribution in [0.25, 0.3) is 0 Å². The van der Waals surface area contributed by atoms with Crippen LogP contribution in [-0.2, 0) is 11.8 Å². The maximum Gasteiger partial charge on any atom is 0.270 e. The van der Waals surface area contributed by atoms with Crippen LogP contribution >= 0.6 is 0 Å². The van der Waals surface area contributed by atoms with Crippen LogP contribution < -0.4 is 10.1 Å². The average molecular weight is 278 g/mol. The number of carbonyl (C=O) groups is 1. The molecule has 0 aliphatic heterocycles. The number of nitro benzene ring substituents is 1. The molecule has 0 radical (unpaired) electrons. The van der Waals surface area contributed by atoms with E-state index in [1.165, 1.54) is 29.1 Å². The Kier molecular flexibility index (Phi) is 3.84. The van der Waals surface area contributed by atoms with Crippen LogP contribution in [0.15, 0.2) is 24.3 Å². The molecule has 0 spiro atoms. The van der Waals surface area contributed by atoms with Gasteiger partial charge in [-0.25, -0.2) is 0 Å². The number of nitrogens with zero attached hydrogens (tertiary/aromatic N) is 5. The number of tetrazole rings is 1. The number of benzene rings is 1. The molecule has 10 heteroatoms. The standard InChI is InChI=1S/C10H10N6O4/c1-15-13-10(12-14-15)11-9(17)6-20-8-4-2-7(3-5-8)16(18)19/h2-5H,6H2,1H3,(H,11,13,17). The number of anilines is 1. The Bertz CT molecular complexity index is 623. The van der Waals surface area contributed by atoms with Gasteiger partial charge in [0.15, 0.2) is 6.61 Å². The summed E-state index contributed by atoms with van der Waals surface area (Å²) in [5.74, 6) is -0.0426. The van der Waals surface area contributed by atoms with Gasteiger partial charge in [-0.3, -0.25) is 20.2 Å². The molecule has 1 N–H and O–H groups in total. The third kappa shape index (κ3) is 3.48. The normalized spacial score (nSPS) is 10.1. The first-order chi connectivity index (χ1) is 9.54. The number of aromatic nitrogens is 4. The van der Waals surface area contributed by atoms with Crippen molar-refractivity contribution in [2.45, 2.75) is 0 Å². The largest absolute Gasteiger partial charge is 0.484 e. The van der Waals surface area contributed by atoms with Gasteiger partial charge >= 0.3 is 0 Å². The molecule has 2 rings (SSSR count). The second-order valence-electron chi connectivity index (χ2n) is 3.69. The summed E-state index contributed by atoms with van der Waals surface area (Å²) in [6.07, 6.45) is 0. The van der Waals surface area contributed by atoms with Crippen molar-refractivity contribution < 1.29 is 14.5 Å². The first kappa shape index (κ1) is 13.4. The third-order valence-corrected chi connectivity index (χ3v) is 2.18. The zero-order valence-electron chi connectivity index (χ0n) is 10.4. The maximum absolute atomic E-state index is 11.5. The van der Waals surface area contributed by atoms with Crippen molar-refractivity contribution in [1.29, 1.82) is 0 Å². The van der Waals surface area contributed by atoms with Crippen LogP contribution in [-0.4, -0.2) is 37.6 Å². The molecule has 1 heterocycles. The molecule has 0 aliphatic carbocycles. The van der Waals surface area contributed by atoms with E-state index >= 15 is 0 Å². The Hall–Kier alpha value is -3.04. The van der Waals surface area contributed by atoms with Crippen LogP contribution in [0, 0.1) is 10.1 Å². The highest BCUT2D eigenvalue weighted by Gasteiger charge is 2.08. The highest BCUT2D eigenvalue weighted by molar-refractivity contribution is 5.90. The molecule has 1 amide bonds. The monoisotopic (exact) mass is 278 g/mol. The lowest BCUT2D eigenvalue weighted by molar-refractivity contribution is -0.384. The lowest BCUT2D eigenvalue weighted by Gasteiger charge is -2.04. The van der Waals surface area contributed by atoms with Crippen molar-refractivity contribution >= 4 is 17.5 Å². The number of rotatable bonds is 5. The molecule has 0 fully saturated rings. The molecule has 104 valence electrons. The van der Waals surface area contributed by atoms with E-state index in [1.54, 1.807) is 7.05 Å². The fourth-order valence-corrected chi connectivity index (χ4v) is 1.31. The zero-order chi connectivity index (χ0) is 14.5. The summed E-state index contributed by atoms with van der Waals surface area (Å²) in [5, 5.41) is 23.7. The van der Waals surface area contributed by atoms with E-state index in [2.05, 4.69) is 20.7 Å². The van der Waals surface area contributed by atoms with E-state index in [-0.39, 0.29) is 18.2 Å². The number of nitro groups is 1. The lowest BCUT2D eigenvalue weighted by Crippen LogP contribution is -2.21. The van der Waals surface area contributed by atoms with Gasteiger partial charge in [-0.1, -0.05) is 5.10 Å². The minimum absolute atomic E-state index is 0.0504. The van der Waals surface area contributed by atoms with E-state index in [0.29, 0.717) is 5.75 Å². The molecule has 0 bridgehead atoms. The Labute approximate surface area is 112 Å². The van der Waals surface area contributed by atoms with E-state index in [1.807, 2.05) is 0 Å². The van der Waals surface area contributed by atoms with Gasteiger partial charge in [0.25, 0.3) is 17.5 Å². The van der Waals surface area contributed by atoms with E-state index in [0.717, 1.165) is 0 Å². The van der Waals surface area contributed by atoms with E-state index < -0.39 is 10.8 Å². The van der Waals surface area contributed by atoms with Crippen molar-refractivity contribution in [2.75, 3.05) is 11.9 Å². The van der Waals surface area contributed by atoms with Gasteiger partial charge in [0, 0.05) is 12.1 Å². The van der Waals surface area contributed by atoms with Gasteiger partial charge in [0.1, 0.15) is 5.75 Å². The smallest absolute Gasteiger partial charge is 0.270 e. The number of hydrogen-bond donors (Lipinski definition) is 1. The summed E-state index contributed by atoms with van der Waals surface area (Å²) in [5.41, 5.74) is -0.0504. The number of hydrogen-bond acceptors (Lipinski definition) is 7. The van der Waals surface area contributed by atoms with Crippen LogP contribution in [0.5, 0.6) is 5.75 Å². The molecule has 1 aromatic carbocycles. The van der Waals surface area contributed by atoms with Crippen LogP contribution in [0.1, 0.15) is 0 Å². The van der Waals surface area contributed by atoms with Gasteiger partial charge in [0.05, 0.1) is 12.0 Å². The lowest BCUT2D eigenvalue weighted by atomic mass is 10.3. The zero-order valence-corrected chi connectivity index (χ0v) is 10.4. The molecular formula is C10H10N6O4. The number of nitrogens with one attached hydrogen (secondary N) is 1. The van der Waals surface area contributed by atoms with Crippen molar-refractivity contribution in [3.63, 3.8) is 0 Å². The average Bonchev–Trinajstić information content (AvgIpc) is 2.82. The molecule has 0 saturated heterocycles. The first-order valence-corrected chi connectivity index (χ1v) is 5.46. The van der Waals surface area contributed by atoms with Gasteiger partial charge in [-0.2, -0.15) is 4.80 Å². The maximum atomic E-state index is 11.5. The summed E-state index contributed by atoms with van der Waals surface area (Å²) < 4.78 is 5.16. The number of amides is 1. The van der Waals surface area contributed by atoms with Crippen molar-refractivity contribution in [1.82, 2.24) is 20.2 Å². The fourth-order valence-electron chi connectivity index (χ4n) is 1.31. The second kappa shape index (κ2) is 5.73. The minimum atomic E-state index is -0.518. The Morgan fingerprint density at radius 2 is 2.15 bits per heavy atom. The van der Waals surface area contributed by atoms with Crippen LogP contribution in [0.4, 0.5) is 11.6 Å². The first-order valence-electron chi connectivity index (χ1n) is 5.46. The molecular weight excluding hydrogens is 268 g/mol.